The van der Waals surface area contributed by atoms with Crippen molar-refractivity contribution in [1.82, 2.24) is 5.32 Å². The van der Waals surface area contributed by atoms with E-state index in [1.54, 1.807) is 36.4 Å². The van der Waals surface area contributed by atoms with Crippen LogP contribution in [0.25, 0.3) is 0 Å². The number of sulfonamides is 1. The summed E-state index contributed by atoms with van der Waals surface area (Å²) in [5, 5.41) is 2.87. The van der Waals surface area contributed by atoms with Gasteiger partial charge in [-0.3, -0.25) is 9.52 Å². The van der Waals surface area contributed by atoms with Crippen molar-refractivity contribution < 1.29 is 13.2 Å². The lowest BCUT2D eigenvalue weighted by atomic mass is 10.1. The van der Waals surface area contributed by atoms with Crippen LogP contribution in [0.1, 0.15) is 37.0 Å². The fourth-order valence-electron chi connectivity index (χ4n) is 2.35. The maximum Gasteiger partial charge on any atom is 0.261 e. The molecule has 2 aromatic carbocycles. The molecule has 7 heteroatoms. The first-order valence-corrected chi connectivity index (χ1v) is 10.3. The summed E-state index contributed by atoms with van der Waals surface area (Å²) in [7, 11) is -3.77. The Labute approximate surface area is 157 Å². The van der Waals surface area contributed by atoms with Crippen LogP contribution in [0.3, 0.4) is 0 Å². The van der Waals surface area contributed by atoms with E-state index in [0.717, 1.165) is 17.3 Å². The molecular formula is C18H21BrN2O3S. The standard InChI is InChI=1S/C18H21BrN2O3S/c1-3-5-13(2)20-18(22)14-6-4-7-17(12-14)25(23,24)21-16-10-8-15(19)9-11-16/h4,6-13,21H,3,5H2,1-2H3,(H,20,22). The van der Waals surface area contributed by atoms with Gasteiger partial charge in [-0.1, -0.05) is 35.3 Å². The molecule has 0 saturated heterocycles. The van der Waals surface area contributed by atoms with Crippen LogP contribution in [0.5, 0.6) is 0 Å². The summed E-state index contributed by atoms with van der Waals surface area (Å²) in [5.41, 5.74) is 0.774. The van der Waals surface area contributed by atoms with Gasteiger partial charge < -0.3 is 5.32 Å². The molecule has 1 unspecified atom stereocenters. The number of anilines is 1. The first-order valence-electron chi connectivity index (χ1n) is 8.01. The molecule has 25 heavy (non-hydrogen) atoms. The van der Waals surface area contributed by atoms with Crippen molar-refractivity contribution in [3.63, 3.8) is 0 Å². The average Bonchev–Trinajstić information content (AvgIpc) is 2.57. The van der Waals surface area contributed by atoms with Crippen molar-refractivity contribution in [2.45, 2.75) is 37.6 Å². The van der Waals surface area contributed by atoms with Gasteiger partial charge in [-0.05, 0) is 55.8 Å². The van der Waals surface area contributed by atoms with E-state index in [1.807, 2.05) is 13.8 Å². The SMILES string of the molecule is CCCC(C)NC(=O)c1cccc(S(=O)(=O)Nc2ccc(Br)cc2)c1. The normalized spacial score (nSPS) is 12.4. The monoisotopic (exact) mass is 424 g/mol. The van der Waals surface area contributed by atoms with E-state index in [2.05, 4.69) is 26.0 Å². The van der Waals surface area contributed by atoms with Crippen LogP contribution in [-0.2, 0) is 10.0 Å². The van der Waals surface area contributed by atoms with E-state index in [-0.39, 0.29) is 16.8 Å². The summed E-state index contributed by atoms with van der Waals surface area (Å²) < 4.78 is 28.4. The topological polar surface area (TPSA) is 75.3 Å². The molecule has 0 aliphatic rings. The predicted molar refractivity (Wildman–Crippen MR) is 103 cm³/mol. The van der Waals surface area contributed by atoms with E-state index in [4.69, 9.17) is 0 Å². The van der Waals surface area contributed by atoms with Gasteiger partial charge in [0.15, 0.2) is 0 Å². The van der Waals surface area contributed by atoms with Crippen LogP contribution in [0, 0.1) is 0 Å². The number of hydrogen-bond donors (Lipinski definition) is 2. The summed E-state index contributed by atoms with van der Waals surface area (Å²) >= 11 is 3.30. The van der Waals surface area contributed by atoms with E-state index in [0.29, 0.717) is 11.3 Å². The number of rotatable bonds is 7. The first-order chi connectivity index (χ1) is 11.8. The first kappa shape index (κ1) is 19.5. The third kappa shape index (κ3) is 5.57. The number of benzene rings is 2. The molecule has 1 atom stereocenters. The van der Waals surface area contributed by atoms with E-state index in [9.17, 15) is 13.2 Å². The molecular weight excluding hydrogens is 404 g/mol. The molecule has 0 radical (unpaired) electrons. The number of hydrogen-bond acceptors (Lipinski definition) is 3. The van der Waals surface area contributed by atoms with Crippen molar-refractivity contribution in [3.8, 4) is 0 Å². The van der Waals surface area contributed by atoms with Crippen LogP contribution in [0.2, 0.25) is 0 Å². The van der Waals surface area contributed by atoms with Crippen molar-refractivity contribution in [2.75, 3.05) is 4.72 Å². The Morgan fingerprint density at radius 1 is 1.16 bits per heavy atom. The van der Waals surface area contributed by atoms with Gasteiger partial charge in [0.1, 0.15) is 0 Å². The van der Waals surface area contributed by atoms with Crippen LogP contribution in [-0.4, -0.2) is 20.4 Å². The zero-order chi connectivity index (χ0) is 18.4. The number of amides is 1. The molecule has 0 bridgehead atoms. The molecule has 1 amide bonds. The van der Waals surface area contributed by atoms with Gasteiger partial charge in [0, 0.05) is 21.8 Å². The minimum absolute atomic E-state index is 0.0404. The molecule has 134 valence electrons. The Bertz CT molecular complexity index is 836. The third-order valence-corrected chi connectivity index (χ3v) is 5.51. The molecule has 0 aromatic heterocycles. The molecule has 0 saturated carbocycles. The molecule has 2 aromatic rings. The Morgan fingerprint density at radius 3 is 2.48 bits per heavy atom. The number of halogens is 1. The fourth-order valence-corrected chi connectivity index (χ4v) is 3.72. The van der Waals surface area contributed by atoms with E-state index >= 15 is 0 Å². The lowest BCUT2D eigenvalue weighted by Crippen LogP contribution is -2.32. The van der Waals surface area contributed by atoms with Gasteiger partial charge in [-0.2, -0.15) is 0 Å². The number of carbonyl (C=O) groups excluding carboxylic acids is 1. The minimum Gasteiger partial charge on any atom is -0.350 e. The average molecular weight is 425 g/mol. The minimum atomic E-state index is -3.77. The quantitative estimate of drug-likeness (QED) is 0.699. The van der Waals surface area contributed by atoms with Gasteiger partial charge in [-0.25, -0.2) is 8.42 Å². The third-order valence-electron chi connectivity index (χ3n) is 3.60. The molecule has 0 fully saturated rings. The zero-order valence-electron chi connectivity index (χ0n) is 14.1. The highest BCUT2D eigenvalue weighted by Gasteiger charge is 2.17. The smallest absolute Gasteiger partial charge is 0.261 e. The zero-order valence-corrected chi connectivity index (χ0v) is 16.5. The van der Waals surface area contributed by atoms with Crippen LogP contribution >= 0.6 is 15.9 Å². The Balaban J connectivity index is 2.18. The molecule has 0 spiro atoms. The Morgan fingerprint density at radius 2 is 1.84 bits per heavy atom. The van der Waals surface area contributed by atoms with Gasteiger partial charge in [0.2, 0.25) is 0 Å². The Hall–Kier alpha value is -1.86. The lowest BCUT2D eigenvalue weighted by Gasteiger charge is -2.13. The molecule has 2 N–H and O–H groups in total. The summed E-state index contributed by atoms with van der Waals surface area (Å²) in [6.45, 7) is 3.97. The van der Waals surface area contributed by atoms with Crippen molar-refractivity contribution in [2.24, 2.45) is 0 Å². The highest BCUT2D eigenvalue weighted by Crippen LogP contribution is 2.19. The van der Waals surface area contributed by atoms with Crippen LogP contribution < -0.4 is 10.0 Å². The maximum atomic E-state index is 12.5. The van der Waals surface area contributed by atoms with Gasteiger partial charge in [-0.15, -0.1) is 0 Å². The maximum absolute atomic E-state index is 12.5. The van der Waals surface area contributed by atoms with Crippen molar-refractivity contribution in [1.29, 1.82) is 0 Å². The van der Waals surface area contributed by atoms with Crippen LogP contribution in [0.4, 0.5) is 5.69 Å². The van der Waals surface area contributed by atoms with Crippen molar-refractivity contribution >= 4 is 37.5 Å². The Kier molecular flexibility index (Phi) is 6.61. The lowest BCUT2D eigenvalue weighted by molar-refractivity contribution is 0.0938. The summed E-state index contributed by atoms with van der Waals surface area (Å²) in [4.78, 5) is 12.3. The number of carbonyl (C=O) groups is 1. The predicted octanol–water partition coefficient (Wildman–Crippen LogP) is 4.17. The second-order valence-corrected chi connectivity index (χ2v) is 8.40. The van der Waals surface area contributed by atoms with Gasteiger partial charge in [0.05, 0.1) is 4.90 Å². The molecule has 0 aliphatic heterocycles. The molecule has 2 rings (SSSR count). The summed E-state index contributed by atoms with van der Waals surface area (Å²) in [6.07, 6.45) is 1.84. The van der Waals surface area contributed by atoms with Crippen LogP contribution in [0.15, 0.2) is 57.9 Å². The summed E-state index contributed by atoms with van der Waals surface area (Å²) in [5.74, 6) is -0.276. The highest BCUT2D eigenvalue weighted by molar-refractivity contribution is 9.10. The molecule has 0 aliphatic carbocycles. The molecule has 0 heterocycles. The molecule has 5 nitrogen and oxygen atoms in total. The second-order valence-electron chi connectivity index (χ2n) is 5.80. The van der Waals surface area contributed by atoms with Gasteiger partial charge in [0.25, 0.3) is 15.9 Å². The largest absolute Gasteiger partial charge is 0.350 e. The second kappa shape index (κ2) is 8.49. The highest BCUT2D eigenvalue weighted by atomic mass is 79.9. The van der Waals surface area contributed by atoms with E-state index in [1.165, 1.54) is 12.1 Å². The van der Waals surface area contributed by atoms with Crippen molar-refractivity contribution in [3.05, 3.63) is 58.6 Å². The summed E-state index contributed by atoms with van der Waals surface area (Å²) in [6, 6.07) is 12.9. The number of nitrogens with one attached hydrogen (secondary N) is 2. The van der Waals surface area contributed by atoms with Gasteiger partial charge >= 0.3 is 0 Å². The fraction of sp³-hybridized carbons (Fsp3) is 0.278. The van der Waals surface area contributed by atoms with E-state index < -0.39 is 10.0 Å².